The molecule has 2 heterocycles. The molecule has 0 aliphatic carbocycles. The van der Waals surface area contributed by atoms with Crippen molar-refractivity contribution in [3.8, 4) is 0 Å². The molecular weight excluding hydrogens is 445 g/mol. The monoisotopic (exact) mass is 467 g/mol. The molecule has 160 valence electrons. The second kappa shape index (κ2) is 9.06. The molecule has 3 rings (SSSR count). The quantitative estimate of drug-likeness (QED) is 0.602. The fourth-order valence-corrected chi connectivity index (χ4v) is 4.97. The Morgan fingerprint density at radius 2 is 2.00 bits per heavy atom. The van der Waals surface area contributed by atoms with Crippen LogP contribution in [-0.2, 0) is 4.79 Å². The number of hydrogen-bond acceptors (Lipinski definition) is 6. The van der Waals surface area contributed by atoms with Crippen LogP contribution in [0.15, 0.2) is 29.5 Å². The van der Waals surface area contributed by atoms with Gasteiger partial charge in [0.05, 0.1) is 27.2 Å². The molecule has 0 fully saturated rings. The number of aliphatic hydroxyl groups excluding tert-OH is 1. The van der Waals surface area contributed by atoms with Crippen LogP contribution in [-0.4, -0.2) is 58.8 Å². The minimum absolute atomic E-state index is 0.0285. The highest BCUT2D eigenvalue weighted by molar-refractivity contribution is 7.14. The summed E-state index contributed by atoms with van der Waals surface area (Å²) in [4.78, 5) is 34.6. The largest absolute Gasteiger partial charge is 0.503 e. The number of halogens is 2. The molecule has 6 nitrogen and oxygen atoms in total. The molecule has 0 radical (unpaired) electrons. The highest BCUT2D eigenvalue weighted by Gasteiger charge is 2.44. The van der Waals surface area contributed by atoms with E-state index in [1.54, 1.807) is 25.1 Å². The Hall–Kier alpha value is -1.93. The smallest absolute Gasteiger partial charge is 0.290 e. The first-order valence-electron chi connectivity index (χ1n) is 9.44. The lowest BCUT2D eigenvalue weighted by Crippen LogP contribution is -2.33. The molecule has 2 aromatic rings. The van der Waals surface area contributed by atoms with E-state index in [0.717, 1.165) is 11.6 Å². The van der Waals surface area contributed by atoms with Crippen LogP contribution in [0.1, 0.15) is 38.4 Å². The number of ketones is 1. The van der Waals surface area contributed by atoms with E-state index in [9.17, 15) is 14.7 Å². The summed E-state index contributed by atoms with van der Waals surface area (Å²) in [6.45, 7) is 4.66. The molecule has 0 saturated heterocycles. The van der Waals surface area contributed by atoms with Crippen molar-refractivity contribution >= 4 is 46.2 Å². The number of aromatic nitrogens is 1. The van der Waals surface area contributed by atoms with Gasteiger partial charge >= 0.3 is 0 Å². The lowest BCUT2D eigenvalue weighted by atomic mass is 9.95. The van der Waals surface area contributed by atoms with Gasteiger partial charge in [-0.1, -0.05) is 29.3 Å². The van der Waals surface area contributed by atoms with E-state index < -0.39 is 23.5 Å². The van der Waals surface area contributed by atoms with E-state index >= 15 is 0 Å². The van der Waals surface area contributed by atoms with Crippen LogP contribution in [0.3, 0.4) is 0 Å². The lowest BCUT2D eigenvalue weighted by molar-refractivity contribution is -0.129. The maximum atomic E-state index is 13.4. The van der Waals surface area contributed by atoms with Crippen molar-refractivity contribution in [3.63, 3.8) is 0 Å². The van der Waals surface area contributed by atoms with E-state index in [2.05, 4.69) is 4.98 Å². The normalized spacial score (nSPS) is 16.8. The van der Waals surface area contributed by atoms with Gasteiger partial charge in [0.1, 0.15) is 0 Å². The molecular formula is C21H23Cl2N3O3S. The van der Waals surface area contributed by atoms with Gasteiger partial charge in [0.15, 0.2) is 5.76 Å². The van der Waals surface area contributed by atoms with Crippen molar-refractivity contribution in [2.24, 2.45) is 0 Å². The van der Waals surface area contributed by atoms with Gasteiger partial charge in [-0.25, -0.2) is 4.98 Å². The molecule has 1 aliphatic heterocycles. The van der Waals surface area contributed by atoms with E-state index in [-0.39, 0.29) is 5.57 Å². The Morgan fingerprint density at radius 1 is 1.30 bits per heavy atom. The van der Waals surface area contributed by atoms with Crippen LogP contribution in [0.4, 0.5) is 0 Å². The molecule has 1 N–H and O–H groups in total. The number of benzene rings is 1. The Kier molecular flexibility index (Phi) is 6.87. The van der Waals surface area contributed by atoms with Crippen LogP contribution in [0.5, 0.6) is 0 Å². The first-order chi connectivity index (χ1) is 14.1. The summed E-state index contributed by atoms with van der Waals surface area (Å²) >= 11 is 13.7. The minimum Gasteiger partial charge on any atom is -0.503 e. The fourth-order valence-electron chi connectivity index (χ4n) is 3.58. The molecule has 1 aromatic heterocycles. The summed E-state index contributed by atoms with van der Waals surface area (Å²) in [5.41, 5.74) is 1.15. The number of hydrogen-bond donors (Lipinski definition) is 1. The van der Waals surface area contributed by atoms with Crippen molar-refractivity contribution in [1.82, 2.24) is 14.8 Å². The van der Waals surface area contributed by atoms with Crippen molar-refractivity contribution in [2.75, 3.05) is 27.2 Å². The maximum Gasteiger partial charge on any atom is 0.290 e. The summed E-state index contributed by atoms with van der Waals surface area (Å²) < 4.78 is 0. The van der Waals surface area contributed by atoms with Crippen LogP contribution < -0.4 is 0 Å². The number of Topliss-reactive ketones (excluding diaryl/α,β-unsaturated/α-hetero) is 1. The Balaban J connectivity index is 2.08. The summed E-state index contributed by atoms with van der Waals surface area (Å²) in [6.07, 6.45) is 0.674. The zero-order valence-corrected chi connectivity index (χ0v) is 19.5. The third kappa shape index (κ3) is 4.39. The Morgan fingerprint density at radius 3 is 2.57 bits per heavy atom. The molecule has 1 aromatic carbocycles. The van der Waals surface area contributed by atoms with Gasteiger partial charge in [0.25, 0.3) is 5.91 Å². The molecule has 1 amide bonds. The summed E-state index contributed by atoms with van der Waals surface area (Å²) in [7, 11) is 3.89. The second-order valence-electron chi connectivity index (χ2n) is 7.46. The highest BCUT2D eigenvalue weighted by atomic mass is 35.5. The molecule has 1 unspecified atom stereocenters. The summed E-state index contributed by atoms with van der Waals surface area (Å²) in [6, 6.07) is 4.13. The SMILES string of the molecule is Cc1nc(C)c(C(=O)C2=C(O)C(=O)N(CCCN(C)C)C2c2ccc(Cl)cc2Cl)s1. The van der Waals surface area contributed by atoms with Gasteiger partial charge in [-0.3, -0.25) is 9.59 Å². The van der Waals surface area contributed by atoms with Crippen LogP contribution in [0.25, 0.3) is 0 Å². The van der Waals surface area contributed by atoms with Gasteiger partial charge in [-0.15, -0.1) is 11.3 Å². The molecule has 0 spiro atoms. The number of carbonyl (C=O) groups excluding carboxylic acids is 2. The van der Waals surface area contributed by atoms with Crippen molar-refractivity contribution < 1.29 is 14.7 Å². The van der Waals surface area contributed by atoms with Gasteiger partial charge < -0.3 is 14.9 Å². The molecule has 1 aliphatic rings. The topological polar surface area (TPSA) is 73.7 Å². The number of carbonyl (C=O) groups is 2. The second-order valence-corrected chi connectivity index (χ2v) is 9.51. The van der Waals surface area contributed by atoms with Crippen molar-refractivity contribution in [3.05, 3.63) is 60.7 Å². The van der Waals surface area contributed by atoms with Gasteiger partial charge in [-0.2, -0.15) is 0 Å². The standard InChI is InChI=1S/C21H23Cl2N3O3S/c1-11-20(30-12(2)24-11)18(27)16-17(14-7-6-13(22)10-15(14)23)26(21(29)19(16)28)9-5-8-25(3)4/h6-7,10,17,28H,5,8-9H2,1-4H3. The fraction of sp³-hybridized carbons (Fsp3) is 0.381. The lowest BCUT2D eigenvalue weighted by Gasteiger charge is -2.28. The summed E-state index contributed by atoms with van der Waals surface area (Å²) in [5.74, 6) is -1.52. The first-order valence-corrected chi connectivity index (χ1v) is 11.0. The van der Waals surface area contributed by atoms with E-state index in [4.69, 9.17) is 23.2 Å². The Labute approximate surface area is 189 Å². The third-order valence-electron chi connectivity index (χ3n) is 4.92. The van der Waals surface area contributed by atoms with E-state index in [1.165, 1.54) is 16.2 Å². The molecule has 30 heavy (non-hydrogen) atoms. The number of thiazole rings is 1. The third-order valence-corrected chi connectivity index (χ3v) is 6.55. The number of aryl methyl sites for hydroxylation is 2. The zero-order chi connectivity index (χ0) is 22.2. The van der Waals surface area contributed by atoms with Crippen LogP contribution >= 0.6 is 34.5 Å². The summed E-state index contributed by atoms with van der Waals surface area (Å²) in [5, 5.41) is 12.2. The van der Waals surface area contributed by atoms with Crippen molar-refractivity contribution in [2.45, 2.75) is 26.3 Å². The minimum atomic E-state index is -0.793. The maximum absolute atomic E-state index is 13.4. The average Bonchev–Trinajstić information content (AvgIpc) is 3.12. The van der Waals surface area contributed by atoms with E-state index in [0.29, 0.717) is 39.1 Å². The highest BCUT2D eigenvalue weighted by Crippen LogP contribution is 2.42. The predicted molar refractivity (Wildman–Crippen MR) is 120 cm³/mol. The molecule has 0 bridgehead atoms. The predicted octanol–water partition coefficient (Wildman–Crippen LogP) is 4.60. The number of nitrogens with zero attached hydrogens (tertiary/aromatic N) is 3. The van der Waals surface area contributed by atoms with Gasteiger partial charge in [0.2, 0.25) is 5.78 Å². The number of rotatable bonds is 7. The van der Waals surface area contributed by atoms with Gasteiger partial charge in [0, 0.05) is 16.6 Å². The first kappa shape index (κ1) is 22.7. The molecule has 1 atom stereocenters. The molecule has 9 heteroatoms. The Bertz CT molecular complexity index is 1030. The van der Waals surface area contributed by atoms with Crippen LogP contribution in [0.2, 0.25) is 10.0 Å². The zero-order valence-electron chi connectivity index (χ0n) is 17.2. The van der Waals surface area contributed by atoms with Gasteiger partial charge in [-0.05, 0) is 58.6 Å². The van der Waals surface area contributed by atoms with E-state index in [1.807, 2.05) is 25.9 Å². The molecule has 0 saturated carbocycles. The van der Waals surface area contributed by atoms with Crippen molar-refractivity contribution in [1.29, 1.82) is 0 Å². The van der Waals surface area contributed by atoms with Crippen LogP contribution in [0, 0.1) is 13.8 Å². The number of amides is 1. The number of aliphatic hydroxyl groups is 1. The average molecular weight is 468 g/mol.